The molecule has 2 aliphatic rings. The molecule has 2 bridgehead atoms. The van der Waals surface area contributed by atoms with E-state index in [4.69, 9.17) is 10.5 Å². The van der Waals surface area contributed by atoms with Gasteiger partial charge in [0, 0.05) is 0 Å². The van der Waals surface area contributed by atoms with Gasteiger partial charge in [-0.05, 0) is 62.4 Å². The molecule has 3 nitrogen and oxygen atoms in total. The van der Waals surface area contributed by atoms with Crippen LogP contribution in [-0.4, -0.2) is 29.6 Å². The van der Waals surface area contributed by atoms with Crippen LogP contribution in [0.4, 0.5) is 0 Å². The number of carbonyl (C=O) groups is 1. The van der Waals surface area contributed by atoms with Crippen molar-refractivity contribution in [3.63, 3.8) is 0 Å². The molecule has 0 aromatic heterocycles. The molecule has 0 spiro atoms. The molecule has 0 saturated heterocycles. The van der Waals surface area contributed by atoms with E-state index in [1.54, 1.807) is 11.8 Å². The minimum absolute atomic E-state index is 0.182. The summed E-state index contributed by atoms with van der Waals surface area (Å²) in [6, 6.07) is -0.444. The zero-order valence-corrected chi connectivity index (χ0v) is 12.3. The Morgan fingerprint density at radius 3 is 2.83 bits per heavy atom. The second-order valence-corrected chi connectivity index (χ2v) is 6.79. The van der Waals surface area contributed by atoms with Crippen LogP contribution in [0.15, 0.2) is 0 Å². The lowest BCUT2D eigenvalue weighted by Gasteiger charge is -2.37. The first kappa shape index (κ1) is 14.2. The summed E-state index contributed by atoms with van der Waals surface area (Å²) in [6.45, 7) is 2.14. The third-order valence-electron chi connectivity index (χ3n) is 4.76. The zero-order valence-electron chi connectivity index (χ0n) is 11.5. The van der Waals surface area contributed by atoms with Crippen molar-refractivity contribution in [1.82, 2.24) is 0 Å². The molecule has 4 heteroatoms. The van der Waals surface area contributed by atoms with Gasteiger partial charge in [0.25, 0.3) is 0 Å². The zero-order chi connectivity index (χ0) is 13.2. The lowest BCUT2D eigenvalue weighted by Crippen LogP contribution is -2.45. The summed E-state index contributed by atoms with van der Waals surface area (Å²) in [5.74, 6) is 2.11. The molecule has 2 fully saturated rings. The van der Waals surface area contributed by atoms with E-state index in [-0.39, 0.29) is 11.6 Å². The van der Waals surface area contributed by atoms with Crippen LogP contribution in [0.1, 0.15) is 45.4 Å². The van der Waals surface area contributed by atoms with Gasteiger partial charge < -0.3 is 10.5 Å². The third-order valence-corrected chi connectivity index (χ3v) is 5.40. The van der Waals surface area contributed by atoms with Gasteiger partial charge in [-0.2, -0.15) is 11.8 Å². The second-order valence-electron chi connectivity index (χ2n) is 5.81. The molecule has 104 valence electrons. The van der Waals surface area contributed by atoms with Gasteiger partial charge in [0.2, 0.25) is 0 Å². The van der Waals surface area contributed by atoms with Crippen molar-refractivity contribution in [3.8, 4) is 0 Å². The Morgan fingerprint density at radius 1 is 1.56 bits per heavy atom. The van der Waals surface area contributed by atoms with Gasteiger partial charge in [0.15, 0.2) is 0 Å². The molecule has 2 rings (SSSR count). The fraction of sp³-hybridized carbons (Fsp3) is 0.929. The molecule has 2 aliphatic carbocycles. The molecule has 0 aromatic rings. The van der Waals surface area contributed by atoms with Crippen molar-refractivity contribution in [3.05, 3.63) is 0 Å². The Kier molecular flexibility index (Phi) is 4.59. The van der Waals surface area contributed by atoms with Gasteiger partial charge >= 0.3 is 5.97 Å². The Morgan fingerprint density at radius 2 is 2.33 bits per heavy atom. The van der Waals surface area contributed by atoms with E-state index in [0.29, 0.717) is 12.3 Å². The molecule has 2 N–H and O–H groups in total. The van der Waals surface area contributed by atoms with Crippen molar-refractivity contribution < 1.29 is 9.53 Å². The molecule has 4 atom stereocenters. The quantitative estimate of drug-likeness (QED) is 0.754. The van der Waals surface area contributed by atoms with E-state index >= 15 is 0 Å². The molecule has 0 amide bonds. The minimum Gasteiger partial charge on any atom is -0.458 e. The first-order valence-corrected chi connectivity index (χ1v) is 8.48. The van der Waals surface area contributed by atoms with Gasteiger partial charge in [-0.1, -0.05) is 6.92 Å². The van der Waals surface area contributed by atoms with Crippen LogP contribution in [0, 0.1) is 11.8 Å². The summed E-state index contributed by atoms with van der Waals surface area (Å²) in [5, 5.41) is 0. The van der Waals surface area contributed by atoms with E-state index in [0.717, 1.165) is 24.5 Å². The van der Waals surface area contributed by atoms with E-state index in [9.17, 15) is 4.79 Å². The lowest BCUT2D eigenvalue weighted by molar-refractivity contribution is -0.168. The summed E-state index contributed by atoms with van der Waals surface area (Å²) in [5.41, 5.74) is 5.72. The first-order valence-electron chi connectivity index (χ1n) is 7.08. The minimum atomic E-state index is -0.444. The van der Waals surface area contributed by atoms with E-state index < -0.39 is 6.04 Å². The number of rotatable bonds is 6. The average molecular weight is 271 g/mol. The molecular formula is C14H25NO2S. The van der Waals surface area contributed by atoms with Crippen LogP contribution in [-0.2, 0) is 9.53 Å². The number of fused-ring (bicyclic) bond motifs is 2. The highest BCUT2D eigenvalue weighted by Crippen LogP contribution is 2.54. The number of thioether (sulfide) groups is 1. The summed E-state index contributed by atoms with van der Waals surface area (Å²) < 4.78 is 5.87. The van der Waals surface area contributed by atoms with Gasteiger partial charge in [0.05, 0.1) is 0 Å². The summed E-state index contributed by atoms with van der Waals surface area (Å²) in [7, 11) is 0. The Labute approximate surface area is 114 Å². The molecule has 2 saturated carbocycles. The van der Waals surface area contributed by atoms with Crippen molar-refractivity contribution in [1.29, 1.82) is 0 Å². The van der Waals surface area contributed by atoms with Crippen LogP contribution >= 0.6 is 11.8 Å². The number of carbonyl (C=O) groups excluding carboxylic acids is 1. The summed E-state index contributed by atoms with van der Waals surface area (Å²) in [6.07, 6.45) is 8.55. The summed E-state index contributed by atoms with van der Waals surface area (Å²) >= 11 is 1.72. The van der Waals surface area contributed by atoms with Crippen LogP contribution in [0.25, 0.3) is 0 Å². The lowest BCUT2D eigenvalue weighted by atomic mass is 9.82. The standard InChI is InChI=1S/C14H25NO2S/c1-3-14(9-10-4-5-11(14)8-10)17-13(16)12(15)6-7-18-2/h10-12H,3-9,15H2,1-2H3/t10-,11+,12?,14-/m0/s1. The topological polar surface area (TPSA) is 52.3 Å². The van der Waals surface area contributed by atoms with Crippen LogP contribution in [0.3, 0.4) is 0 Å². The Bertz CT molecular complexity index is 310. The van der Waals surface area contributed by atoms with E-state index in [1.165, 1.54) is 19.3 Å². The maximum atomic E-state index is 12.1. The maximum absolute atomic E-state index is 12.1. The van der Waals surface area contributed by atoms with Crippen LogP contribution < -0.4 is 5.73 Å². The predicted octanol–water partition coefficient (Wildman–Crippen LogP) is 2.58. The highest BCUT2D eigenvalue weighted by molar-refractivity contribution is 7.98. The monoisotopic (exact) mass is 271 g/mol. The average Bonchev–Trinajstić information content (AvgIpc) is 2.96. The molecule has 0 aliphatic heterocycles. The Hall–Kier alpha value is -0.220. The van der Waals surface area contributed by atoms with Gasteiger partial charge in [-0.25, -0.2) is 0 Å². The van der Waals surface area contributed by atoms with Gasteiger partial charge in [0.1, 0.15) is 11.6 Å². The SMILES string of the molecule is CC[C@]1(OC(=O)C(N)CCSC)C[C@H]2CC[C@@H]1C2. The first-order chi connectivity index (χ1) is 8.61. The second kappa shape index (κ2) is 5.83. The fourth-order valence-electron chi connectivity index (χ4n) is 3.66. The summed E-state index contributed by atoms with van der Waals surface area (Å²) in [4.78, 5) is 12.1. The van der Waals surface area contributed by atoms with Crippen molar-refractivity contribution in [2.75, 3.05) is 12.0 Å². The maximum Gasteiger partial charge on any atom is 0.323 e. The largest absolute Gasteiger partial charge is 0.458 e. The highest BCUT2D eigenvalue weighted by atomic mass is 32.2. The molecule has 0 aromatic carbocycles. The smallest absolute Gasteiger partial charge is 0.323 e. The number of hydrogen-bond donors (Lipinski definition) is 1. The van der Waals surface area contributed by atoms with E-state index in [1.807, 2.05) is 6.26 Å². The highest BCUT2D eigenvalue weighted by Gasteiger charge is 2.52. The molecule has 0 radical (unpaired) electrons. The number of hydrogen-bond acceptors (Lipinski definition) is 4. The van der Waals surface area contributed by atoms with Crippen LogP contribution in [0.2, 0.25) is 0 Å². The van der Waals surface area contributed by atoms with Crippen molar-refractivity contribution in [2.24, 2.45) is 17.6 Å². The third kappa shape index (κ3) is 2.69. The molecule has 0 heterocycles. The molecule has 1 unspecified atom stereocenters. The number of nitrogens with two attached hydrogens (primary N) is 1. The van der Waals surface area contributed by atoms with Gasteiger partial charge in [-0.3, -0.25) is 4.79 Å². The fourth-order valence-corrected chi connectivity index (χ4v) is 4.15. The molecule has 18 heavy (non-hydrogen) atoms. The Balaban J connectivity index is 1.92. The predicted molar refractivity (Wildman–Crippen MR) is 75.5 cm³/mol. The van der Waals surface area contributed by atoms with Crippen LogP contribution in [0.5, 0.6) is 0 Å². The molecular weight excluding hydrogens is 246 g/mol. The van der Waals surface area contributed by atoms with Crippen molar-refractivity contribution >= 4 is 17.7 Å². The number of esters is 1. The number of ether oxygens (including phenoxy) is 1. The van der Waals surface area contributed by atoms with Gasteiger partial charge in [-0.15, -0.1) is 0 Å². The normalized spacial score (nSPS) is 35.7. The van der Waals surface area contributed by atoms with E-state index in [2.05, 4.69) is 6.92 Å². The van der Waals surface area contributed by atoms with Crippen molar-refractivity contribution in [2.45, 2.75) is 57.1 Å².